The molecule has 124 valence electrons. The van der Waals surface area contributed by atoms with Crippen LogP contribution in [0.5, 0.6) is 11.5 Å². The topological polar surface area (TPSA) is 40.5 Å². The molecular formula is C15H10F6O2. The van der Waals surface area contributed by atoms with Gasteiger partial charge in [-0.2, -0.15) is 0 Å². The van der Waals surface area contributed by atoms with Crippen molar-refractivity contribution in [2.75, 3.05) is 0 Å². The first-order valence-electron chi connectivity index (χ1n) is 6.43. The maximum atomic E-state index is 13.9. The van der Waals surface area contributed by atoms with Crippen LogP contribution in [0.1, 0.15) is 30.4 Å². The van der Waals surface area contributed by atoms with Crippen LogP contribution in [0.15, 0.2) is 12.1 Å². The van der Waals surface area contributed by atoms with Crippen molar-refractivity contribution in [3.63, 3.8) is 0 Å². The zero-order valence-electron chi connectivity index (χ0n) is 11.6. The molecule has 0 aromatic heterocycles. The molecule has 2 nitrogen and oxygen atoms in total. The van der Waals surface area contributed by atoms with Gasteiger partial charge < -0.3 is 10.2 Å². The molecule has 0 atom stereocenters. The van der Waals surface area contributed by atoms with Gasteiger partial charge in [-0.1, -0.05) is 6.92 Å². The Morgan fingerprint density at radius 2 is 1.09 bits per heavy atom. The van der Waals surface area contributed by atoms with Gasteiger partial charge in [0, 0.05) is 29.2 Å². The molecule has 0 aliphatic heterocycles. The predicted molar refractivity (Wildman–Crippen MR) is 68.1 cm³/mol. The van der Waals surface area contributed by atoms with E-state index in [0.29, 0.717) is 0 Å². The van der Waals surface area contributed by atoms with Crippen molar-refractivity contribution in [3.05, 3.63) is 58.2 Å². The van der Waals surface area contributed by atoms with E-state index in [2.05, 4.69) is 0 Å². The Morgan fingerprint density at radius 3 is 1.39 bits per heavy atom. The van der Waals surface area contributed by atoms with Crippen LogP contribution in [-0.2, 0) is 0 Å². The molecule has 2 aromatic carbocycles. The van der Waals surface area contributed by atoms with Crippen molar-refractivity contribution in [3.8, 4) is 11.5 Å². The van der Waals surface area contributed by atoms with Crippen LogP contribution in [0.3, 0.4) is 0 Å². The number of hydrogen-bond acceptors (Lipinski definition) is 2. The molecule has 0 amide bonds. The lowest BCUT2D eigenvalue weighted by molar-refractivity contribution is 0.387. The second kappa shape index (κ2) is 6.02. The van der Waals surface area contributed by atoms with Crippen LogP contribution in [0.2, 0.25) is 0 Å². The SMILES string of the molecule is CCC(c1c(O)cc(F)c(F)c1F)c1c(O)cc(F)c(F)c1F. The number of phenols is 2. The normalized spacial score (nSPS) is 11.3. The lowest BCUT2D eigenvalue weighted by Gasteiger charge is -2.20. The highest BCUT2D eigenvalue weighted by Gasteiger charge is 2.31. The predicted octanol–water partition coefficient (Wildman–Crippen LogP) is 4.47. The molecule has 0 radical (unpaired) electrons. The molecule has 0 fully saturated rings. The first-order chi connectivity index (χ1) is 10.7. The fourth-order valence-electron chi connectivity index (χ4n) is 2.41. The van der Waals surface area contributed by atoms with E-state index in [1.807, 2.05) is 0 Å². The quantitative estimate of drug-likeness (QED) is 0.641. The maximum Gasteiger partial charge on any atom is 0.194 e. The molecule has 2 aromatic rings. The summed E-state index contributed by atoms with van der Waals surface area (Å²) in [5.74, 6) is -14.5. The van der Waals surface area contributed by atoms with E-state index >= 15 is 0 Å². The highest BCUT2D eigenvalue weighted by atomic mass is 19.2. The molecule has 23 heavy (non-hydrogen) atoms. The number of aromatic hydroxyl groups is 2. The summed E-state index contributed by atoms with van der Waals surface area (Å²) in [5.41, 5.74) is -1.74. The Hall–Kier alpha value is -2.38. The molecule has 0 saturated carbocycles. The summed E-state index contributed by atoms with van der Waals surface area (Å²) in [6.45, 7) is 1.34. The number of hydrogen-bond donors (Lipinski definition) is 2. The van der Waals surface area contributed by atoms with Crippen LogP contribution >= 0.6 is 0 Å². The van der Waals surface area contributed by atoms with E-state index < -0.39 is 63.4 Å². The van der Waals surface area contributed by atoms with E-state index in [9.17, 15) is 36.6 Å². The van der Waals surface area contributed by atoms with E-state index in [1.54, 1.807) is 0 Å². The average molecular weight is 336 g/mol. The highest BCUT2D eigenvalue weighted by molar-refractivity contribution is 5.48. The van der Waals surface area contributed by atoms with E-state index in [1.165, 1.54) is 6.92 Å². The lowest BCUT2D eigenvalue weighted by Crippen LogP contribution is -2.10. The number of halogens is 6. The Labute approximate surface area is 126 Å². The van der Waals surface area contributed by atoms with E-state index in [4.69, 9.17) is 0 Å². The maximum absolute atomic E-state index is 13.9. The van der Waals surface area contributed by atoms with Gasteiger partial charge in [-0.15, -0.1) is 0 Å². The van der Waals surface area contributed by atoms with Gasteiger partial charge in [-0.05, 0) is 6.42 Å². The third-order valence-corrected chi connectivity index (χ3v) is 3.46. The van der Waals surface area contributed by atoms with Crippen LogP contribution in [-0.4, -0.2) is 10.2 Å². The molecule has 0 spiro atoms. The summed E-state index contributed by atoms with van der Waals surface area (Å²) in [5, 5.41) is 19.3. The Bertz CT molecular complexity index is 712. The Kier molecular flexibility index (Phi) is 4.44. The Morgan fingerprint density at radius 1 is 0.739 bits per heavy atom. The van der Waals surface area contributed by atoms with Crippen molar-refractivity contribution in [2.45, 2.75) is 19.3 Å². The molecule has 0 heterocycles. The van der Waals surface area contributed by atoms with Gasteiger partial charge in [0.1, 0.15) is 11.5 Å². The van der Waals surface area contributed by atoms with E-state index in [-0.39, 0.29) is 18.6 Å². The van der Waals surface area contributed by atoms with Crippen LogP contribution in [0.4, 0.5) is 26.3 Å². The van der Waals surface area contributed by atoms with Crippen molar-refractivity contribution in [1.82, 2.24) is 0 Å². The molecule has 0 unspecified atom stereocenters. The third-order valence-electron chi connectivity index (χ3n) is 3.46. The minimum Gasteiger partial charge on any atom is -0.507 e. The van der Waals surface area contributed by atoms with Gasteiger partial charge in [0.25, 0.3) is 0 Å². The number of phenolic OH excluding ortho intramolecular Hbond substituents is 2. The standard InChI is InChI=1S/C15H10F6O2/c1-2-5(10-8(22)3-6(16)12(18)14(10)20)11-9(23)4-7(17)13(19)15(11)21/h3-5,22-23H,2H2,1H3. The van der Waals surface area contributed by atoms with Gasteiger partial charge in [0.15, 0.2) is 34.9 Å². The largest absolute Gasteiger partial charge is 0.507 e. The van der Waals surface area contributed by atoms with Crippen molar-refractivity contribution >= 4 is 0 Å². The molecule has 0 aliphatic carbocycles. The van der Waals surface area contributed by atoms with Gasteiger partial charge in [0.2, 0.25) is 0 Å². The summed E-state index contributed by atoms with van der Waals surface area (Å²) in [4.78, 5) is 0. The minimum atomic E-state index is -1.92. The van der Waals surface area contributed by atoms with E-state index in [0.717, 1.165) is 0 Å². The van der Waals surface area contributed by atoms with Gasteiger partial charge in [-0.25, -0.2) is 26.3 Å². The molecule has 2 N–H and O–H groups in total. The molecule has 0 saturated heterocycles. The molecular weight excluding hydrogens is 326 g/mol. The highest BCUT2D eigenvalue weighted by Crippen LogP contribution is 2.42. The van der Waals surface area contributed by atoms with Gasteiger partial charge >= 0.3 is 0 Å². The summed E-state index contributed by atoms with van der Waals surface area (Å²) in [6, 6.07) is 0.538. The Balaban J connectivity index is 2.78. The summed E-state index contributed by atoms with van der Waals surface area (Å²) in [6.07, 6.45) is -0.231. The summed E-state index contributed by atoms with van der Waals surface area (Å²) >= 11 is 0. The zero-order valence-corrected chi connectivity index (χ0v) is 11.6. The summed E-state index contributed by atoms with van der Waals surface area (Å²) < 4.78 is 80.8. The molecule has 8 heteroatoms. The van der Waals surface area contributed by atoms with Crippen molar-refractivity contribution < 1.29 is 36.6 Å². The fraction of sp³-hybridized carbons (Fsp3) is 0.200. The third kappa shape index (κ3) is 2.69. The van der Waals surface area contributed by atoms with Crippen LogP contribution in [0, 0.1) is 34.9 Å². The fourth-order valence-corrected chi connectivity index (χ4v) is 2.41. The molecule has 0 aliphatic rings. The van der Waals surface area contributed by atoms with Crippen LogP contribution < -0.4 is 0 Å². The molecule has 0 bridgehead atoms. The lowest BCUT2D eigenvalue weighted by atomic mass is 9.86. The van der Waals surface area contributed by atoms with Crippen LogP contribution in [0.25, 0.3) is 0 Å². The summed E-state index contributed by atoms with van der Waals surface area (Å²) in [7, 11) is 0. The van der Waals surface area contributed by atoms with Gasteiger partial charge in [-0.3, -0.25) is 0 Å². The minimum absolute atomic E-state index is 0.231. The number of rotatable bonds is 3. The molecule has 2 rings (SSSR count). The monoisotopic (exact) mass is 336 g/mol. The second-order valence-electron chi connectivity index (χ2n) is 4.80. The van der Waals surface area contributed by atoms with Crippen molar-refractivity contribution in [1.29, 1.82) is 0 Å². The first kappa shape index (κ1) is 17.0. The first-order valence-corrected chi connectivity index (χ1v) is 6.43. The van der Waals surface area contributed by atoms with Crippen molar-refractivity contribution in [2.24, 2.45) is 0 Å². The second-order valence-corrected chi connectivity index (χ2v) is 4.80. The van der Waals surface area contributed by atoms with Gasteiger partial charge in [0.05, 0.1) is 0 Å². The average Bonchev–Trinajstić information content (AvgIpc) is 2.49. The smallest absolute Gasteiger partial charge is 0.194 e. The number of benzene rings is 2. The zero-order chi connectivity index (χ0) is 17.5.